The lowest BCUT2D eigenvalue weighted by atomic mass is 9.76. The molecule has 2 aromatic heterocycles. The van der Waals surface area contributed by atoms with Crippen LogP contribution in [-0.4, -0.2) is 32.8 Å². The van der Waals surface area contributed by atoms with E-state index in [2.05, 4.69) is 11.9 Å². The molecule has 30 heavy (non-hydrogen) atoms. The molecule has 0 aliphatic heterocycles. The summed E-state index contributed by atoms with van der Waals surface area (Å²) in [7, 11) is 0. The number of nitrogens with one attached hydrogen (secondary N) is 1. The van der Waals surface area contributed by atoms with E-state index in [4.69, 9.17) is 9.72 Å². The van der Waals surface area contributed by atoms with Gasteiger partial charge in [-0.3, -0.25) is 4.79 Å². The predicted octanol–water partition coefficient (Wildman–Crippen LogP) is 4.19. The first-order valence-corrected chi connectivity index (χ1v) is 10.7. The number of carboxylic acid groups (broad SMARTS) is 1. The van der Waals surface area contributed by atoms with Gasteiger partial charge in [-0.15, -0.1) is 0 Å². The molecule has 0 spiro atoms. The fourth-order valence-corrected chi connectivity index (χ4v) is 4.27. The van der Waals surface area contributed by atoms with Gasteiger partial charge in [0.25, 0.3) is 5.56 Å². The number of nitrogens with zero attached hydrogens (tertiary/aromatic N) is 1. The van der Waals surface area contributed by atoms with Gasteiger partial charge in [0, 0.05) is 11.5 Å². The van der Waals surface area contributed by atoms with Crippen LogP contribution in [0, 0.1) is 5.92 Å². The molecule has 2 aliphatic rings. The number of H-pyrrole nitrogens is 1. The lowest BCUT2D eigenvalue weighted by Crippen LogP contribution is -2.26. The molecule has 3 N–H and O–H groups in total. The summed E-state index contributed by atoms with van der Waals surface area (Å²) < 4.78 is 6.07. The second-order valence-electron chi connectivity index (χ2n) is 8.68. The van der Waals surface area contributed by atoms with Gasteiger partial charge in [0.2, 0.25) is 0 Å². The summed E-state index contributed by atoms with van der Waals surface area (Å²) in [5.74, 6) is -0.733. The number of pyridine rings is 2. The molecule has 0 aromatic carbocycles. The van der Waals surface area contributed by atoms with Gasteiger partial charge < -0.3 is 19.9 Å². The fraction of sp³-hybridized carbons (Fsp3) is 0.522. The van der Waals surface area contributed by atoms with Gasteiger partial charge in [-0.1, -0.05) is 27.2 Å². The van der Waals surface area contributed by atoms with Crippen LogP contribution in [0.2, 0.25) is 0 Å². The Bertz CT molecular complexity index is 1050. The summed E-state index contributed by atoms with van der Waals surface area (Å²) in [6, 6.07) is 2.03. The molecule has 1 saturated carbocycles. The second-order valence-corrected chi connectivity index (χ2v) is 8.68. The summed E-state index contributed by atoms with van der Waals surface area (Å²) in [5, 5.41) is 20.2. The molecule has 4 rings (SSSR count). The van der Waals surface area contributed by atoms with Gasteiger partial charge in [-0.2, -0.15) is 0 Å². The highest BCUT2D eigenvalue weighted by atomic mass is 16.5. The summed E-state index contributed by atoms with van der Waals surface area (Å²) >= 11 is 0. The van der Waals surface area contributed by atoms with E-state index in [9.17, 15) is 19.8 Å². The lowest BCUT2D eigenvalue weighted by molar-refractivity contribution is 0.0691. The minimum absolute atomic E-state index is 0.128. The molecule has 2 aliphatic carbocycles. The zero-order valence-corrected chi connectivity index (χ0v) is 17.6. The molecule has 0 bridgehead atoms. The number of fused-ring (bicyclic) bond motifs is 3. The molecule has 1 fully saturated rings. The minimum atomic E-state index is -1.43. The van der Waals surface area contributed by atoms with E-state index in [1.54, 1.807) is 0 Å². The zero-order valence-electron chi connectivity index (χ0n) is 17.6. The molecular weight excluding hydrogens is 384 g/mol. The van der Waals surface area contributed by atoms with E-state index in [0.717, 1.165) is 42.7 Å². The monoisotopic (exact) mass is 412 g/mol. The van der Waals surface area contributed by atoms with Crippen molar-refractivity contribution in [2.75, 3.05) is 6.61 Å². The van der Waals surface area contributed by atoms with E-state index >= 15 is 0 Å². The first-order valence-electron chi connectivity index (χ1n) is 10.7. The number of unbranched alkanes of at least 4 members (excludes halogenated alkanes) is 1. The highest BCUT2D eigenvalue weighted by Crippen LogP contribution is 2.49. The van der Waals surface area contributed by atoms with Crippen LogP contribution in [0.3, 0.4) is 0 Å². The van der Waals surface area contributed by atoms with E-state index < -0.39 is 22.8 Å². The molecule has 2 aromatic rings. The highest BCUT2D eigenvalue weighted by molar-refractivity contribution is 5.92. The molecule has 7 nitrogen and oxygen atoms in total. The van der Waals surface area contributed by atoms with Crippen LogP contribution in [0.15, 0.2) is 10.9 Å². The molecule has 1 unspecified atom stereocenters. The van der Waals surface area contributed by atoms with Gasteiger partial charge in [0.15, 0.2) is 5.56 Å². The Morgan fingerprint density at radius 3 is 2.70 bits per heavy atom. The van der Waals surface area contributed by atoms with Crippen LogP contribution in [0.25, 0.3) is 11.4 Å². The molecule has 1 atom stereocenters. The largest absolute Gasteiger partial charge is 0.506 e. The summed E-state index contributed by atoms with van der Waals surface area (Å²) in [6.45, 7) is 6.80. The van der Waals surface area contributed by atoms with Gasteiger partial charge in [0.05, 0.1) is 23.7 Å². The maximum atomic E-state index is 12.5. The van der Waals surface area contributed by atoms with E-state index in [1.807, 2.05) is 19.9 Å². The predicted molar refractivity (Wildman–Crippen MR) is 113 cm³/mol. The van der Waals surface area contributed by atoms with Crippen molar-refractivity contribution < 1.29 is 19.7 Å². The number of carboxylic acids is 1. The Morgan fingerprint density at radius 1 is 1.37 bits per heavy atom. The molecule has 2 heterocycles. The third-order valence-electron chi connectivity index (χ3n) is 6.11. The molecular formula is C23H28N2O5. The Morgan fingerprint density at radius 2 is 2.10 bits per heavy atom. The quantitative estimate of drug-likeness (QED) is 0.588. The van der Waals surface area contributed by atoms with Crippen LogP contribution >= 0.6 is 0 Å². The van der Waals surface area contributed by atoms with Crippen molar-refractivity contribution in [3.63, 3.8) is 0 Å². The van der Waals surface area contributed by atoms with Gasteiger partial charge in [0.1, 0.15) is 11.5 Å². The van der Waals surface area contributed by atoms with Crippen molar-refractivity contribution in [3.8, 4) is 22.9 Å². The number of aromatic nitrogens is 2. The van der Waals surface area contributed by atoms with Crippen LogP contribution in [0.4, 0.5) is 0 Å². The standard InChI is InChI=1S/C23H28N2O5/c1-4-5-8-30-15-10-13-9-14(11(2)3)16-20(19(13)24-18(15)12-6-7-12)25-22(27)17(21(16)26)23(28)29/h10-12,14H,4-9H2,1-3H3,(H,28,29)(H2,25,26,27). The topological polar surface area (TPSA) is 113 Å². The van der Waals surface area contributed by atoms with Crippen molar-refractivity contribution in [1.29, 1.82) is 0 Å². The second kappa shape index (κ2) is 7.78. The minimum Gasteiger partial charge on any atom is -0.506 e. The third-order valence-corrected chi connectivity index (χ3v) is 6.11. The molecule has 0 radical (unpaired) electrons. The number of carbonyl (C=O) groups is 1. The lowest BCUT2D eigenvalue weighted by Gasteiger charge is -2.31. The first-order chi connectivity index (χ1) is 14.3. The third kappa shape index (κ3) is 3.46. The first kappa shape index (κ1) is 20.4. The summed E-state index contributed by atoms with van der Waals surface area (Å²) in [6.07, 6.45) is 4.72. The number of hydrogen-bond donors (Lipinski definition) is 3. The van der Waals surface area contributed by atoms with E-state index in [1.165, 1.54) is 0 Å². The molecule has 0 amide bonds. The Labute approximate surface area is 175 Å². The van der Waals surface area contributed by atoms with E-state index in [0.29, 0.717) is 35.9 Å². The zero-order chi connectivity index (χ0) is 21.6. The van der Waals surface area contributed by atoms with Crippen molar-refractivity contribution in [2.24, 2.45) is 5.92 Å². The van der Waals surface area contributed by atoms with Crippen molar-refractivity contribution in [1.82, 2.24) is 9.97 Å². The Balaban J connectivity index is 1.91. The fourth-order valence-electron chi connectivity index (χ4n) is 4.27. The van der Waals surface area contributed by atoms with Crippen molar-refractivity contribution >= 4 is 5.97 Å². The van der Waals surface area contributed by atoms with Crippen molar-refractivity contribution in [3.05, 3.63) is 38.8 Å². The van der Waals surface area contributed by atoms with Gasteiger partial charge in [-0.05, 0) is 49.1 Å². The van der Waals surface area contributed by atoms with Crippen molar-refractivity contribution in [2.45, 2.75) is 64.7 Å². The number of hydrogen-bond acceptors (Lipinski definition) is 5. The average Bonchev–Trinajstić information content (AvgIpc) is 3.51. The maximum absolute atomic E-state index is 12.5. The number of aromatic carboxylic acids is 1. The number of aromatic hydroxyl groups is 1. The van der Waals surface area contributed by atoms with E-state index in [-0.39, 0.29) is 11.8 Å². The summed E-state index contributed by atoms with van der Waals surface area (Å²) in [4.78, 5) is 31.6. The van der Waals surface area contributed by atoms with Crippen LogP contribution in [-0.2, 0) is 6.42 Å². The molecule has 160 valence electrons. The Hall–Kier alpha value is -2.83. The van der Waals surface area contributed by atoms with Crippen LogP contribution in [0.5, 0.6) is 11.5 Å². The SMILES string of the molecule is CCCCOc1cc2c(nc1C1CC1)-c1[nH]c(=O)c(C(=O)O)c(O)c1C(C(C)C)C2. The van der Waals surface area contributed by atoms with Gasteiger partial charge in [-0.25, -0.2) is 9.78 Å². The summed E-state index contributed by atoms with van der Waals surface area (Å²) in [5.41, 5.74) is 1.96. The normalized spacial score (nSPS) is 17.5. The van der Waals surface area contributed by atoms with Crippen LogP contribution < -0.4 is 10.3 Å². The number of aromatic amines is 1. The number of rotatable bonds is 7. The Kier molecular flexibility index (Phi) is 5.30. The molecule has 0 saturated heterocycles. The average molecular weight is 412 g/mol. The van der Waals surface area contributed by atoms with Crippen LogP contribution in [0.1, 0.15) is 85.5 Å². The smallest absolute Gasteiger partial charge is 0.345 e. The maximum Gasteiger partial charge on any atom is 0.345 e. The van der Waals surface area contributed by atoms with Gasteiger partial charge >= 0.3 is 5.97 Å². The number of ether oxygens (including phenoxy) is 1. The highest BCUT2D eigenvalue weighted by Gasteiger charge is 2.37. The molecule has 7 heteroatoms.